The van der Waals surface area contributed by atoms with Crippen LogP contribution in [0, 0.1) is 10.1 Å². The minimum absolute atomic E-state index is 0.0637. The monoisotopic (exact) mass is 249 g/mol. The maximum Gasteiger partial charge on any atom is 0.292 e. The Hall–Kier alpha value is -2.04. The highest BCUT2D eigenvalue weighted by Crippen LogP contribution is 2.30. The van der Waals surface area contributed by atoms with E-state index >= 15 is 0 Å². The number of nitrogens with zero attached hydrogens (tertiary/aromatic N) is 2. The lowest BCUT2D eigenvalue weighted by Crippen LogP contribution is -2.41. The topological polar surface area (TPSA) is 72.4 Å². The first-order valence-corrected chi connectivity index (χ1v) is 5.70. The minimum atomic E-state index is -0.478. The van der Waals surface area contributed by atoms with Gasteiger partial charge in [-0.2, -0.15) is 0 Å². The molecule has 0 aliphatic carbocycles. The van der Waals surface area contributed by atoms with E-state index in [1.165, 1.54) is 6.07 Å². The summed E-state index contributed by atoms with van der Waals surface area (Å²) in [5, 5.41) is 10.7. The van der Waals surface area contributed by atoms with Crippen LogP contribution < -0.4 is 10.6 Å². The molecule has 0 unspecified atom stereocenters. The first-order chi connectivity index (χ1) is 8.27. The molecule has 98 valence electrons. The molecule has 0 fully saturated rings. The molecule has 1 rings (SSSR count). The van der Waals surface area contributed by atoms with Crippen molar-refractivity contribution in [3.63, 3.8) is 0 Å². The quantitative estimate of drug-likeness (QED) is 0.385. The van der Waals surface area contributed by atoms with Crippen LogP contribution in [-0.2, 0) is 0 Å². The van der Waals surface area contributed by atoms with Crippen molar-refractivity contribution in [3.05, 3.63) is 41.0 Å². The normalized spacial score (nSPS) is 11.1. The van der Waals surface area contributed by atoms with Crippen LogP contribution in [0.15, 0.2) is 30.9 Å². The average molecular weight is 249 g/mol. The molecular formula is C13H19N3O2. The molecule has 5 heteroatoms. The van der Waals surface area contributed by atoms with Crippen LogP contribution in [0.2, 0.25) is 0 Å². The summed E-state index contributed by atoms with van der Waals surface area (Å²) in [6.07, 6.45) is 1.79. The number of nitrogens with two attached hydrogens (primary N) is 1. The second-order valence-corrected chi connectivity index (χ2v) is 5.07. The van der Waals surface area contributed by atoms with Gasteiger partial charge in [0.1, 0.15) is 5.69 Å². The van der Waals surface area contributed by atoms with E-state index < -0.39 is 4.92 Å². The van der Waals surface area contributed by atoms with Crippen molar-refractivity contribution in [1.82, 2.24) is 0 Å². The highest BCUT2D eigenvalue weighted by molar-refractivity contribution is 5.67. The van der Waals surface area contributed by atoms with Crippen molar-refractivity contribution in [2.75, 3.05) is 17.2 Å². The van der Waals surface area contributed by atoms with E-state index in [9.17, 15) is 10.1 Å². The van der Waals surface area contributed by atoms with Gasteiger partial charge in [0, 0.05) is 23.8 Å². The molecule has 5 nitrogen and oxygen atoms in total. The maximum atomic E-state index is 10.7. The molecule has 0 saturated heterocycles. The Labute approximate surface area is 107 Å². The zero-order valence-electron chi connectivity index (χ0n) is 11.0. The molecule has 0 aromatic heterocycles. The lowest BCUT2D eigenvalue weighted by atomic mass is 10.0. The van der Waals surface area contributed by atoms with Gasteiger partial charge >= 0.3 is 0 Å². The SMILES string of the molecule is C=CCN(c1ccc([N+](=O)[O-])c(N)c1)C(C)(C)C. The van der Waals surface area contributed by atoms with Crippen LogP contribution in [-0.4, -0.2) is 17.0 Å². The third-order valence-corrected chi connectivity index (χ3v) is 2.64. The second-order valence-electron chi connectivity index (χ2n) is 5.07. The zero-order valence-corrected chi connectivity index (χ0v) is 11.0. The first kappa shape index (κ1) is 14.0. The summed E-state index contributed by atoms with van der Waals surface area (Å²) in [7, 11) is 0. The van der Waals surface area contributed by atoms with Crippen molar-refractivity contribution in [2.24, 2.45) is 0 Å². The van der Waals surface area contributed by atoms with Crippen molar-refractivity contribution >= 4 is 17.1 Å². The Morgan fingerprint density at radius 3 is 2.50 bits per heavy atom. The third-order valence-electron chi connectivity index (χ3n) is 2.64. The third kappa shape index (κ3) is 3.00. The Morgan fingerprint density at radius 1 is 1.50 bits per heavy atom. The van der Waals surface area contributed by atoms with Crippen molar-refractivity contribution in [3.8, 4) is 0 Å². The summed E-state index contributed by atoms with van der Waals surface area (Å²) < 4.78 is 0. The maximum absolute atomic E-state index is 10.7. The predicted molar refractivity (Wildman–Crippen MR) is 74.8 cm³/mol. The van der Waals surface area contributed by atoms with Crippen molar-refractivity contribution in [1.29, 1.82) is 0 Å². The smallest absolute Gasteiger partial charge is 0.292 e. The van der Waals surface area contributed by atoms with E-state index in [0.717, 1.165) is 5.69 Å². The highest BCUT2D eigenvalue weighted by atomic mass is 16.6. The number of anilines is 2. The summed E-state index contributed by atoms with van der Waals surface area (Å²) in [6.45, 7) is 10.6. The van der Waals surface area contributed by atoms with Gasteiger partial charge in [0.25, 0.3) is 5.69 Å². The molecule has 2 N–H and O–H groups in total. The van der Waals surface area contributed by atoms with Gasteiger partial charge in [0.05, 0.1) is 4.92 Å². The summed E-state index contributed by atoms with van der Waals surface area (Å²) in [6, 6.07) is 4.78. The molecule has 18 heavy (non-hydrogen) atoms. The molecule has 1 aromatic carbocycles. The van der Waals surface area contributed by atoms with Gasteiger partial charge < -0.3 is 10.6 Å². The van der Waals surface area contributed by atoms with Gasteiger partial charge in [0.2, 0.25) is 0 Å². The van der Waals surface area contributed by atoms with Crippen LogP contribution in [0.5, 0.6) is 0 Å². The molecule has 0 spiro atoms. The van der Waals surface area contributed by atoms with E-state index in [1.54, 1.807) is 18.2 Å². The Bertz CT molecular complexity index is 464. The van der Waals surface area contributed by atoms with E-state index in [0.29, 0.717) is 6.54 Å². The van der Waals surface area contributed by atoms with E-state index in [-0.39, 0.29) is 16.9 Å². The van der Waals surface area contributed by atoms with Crippen molar-refractivity contribution in [2.45, 2.75) is 26.3 Å². The summed E-state index contributed by atoms with van der Waals surface area (Å²) in [5.41, 5.74) is 6.56. The van der Waals surface area contributed by atoms with Gasteiger partial charge in [-0.25, -0.2) is 0 Å². The number of rotatable bonds is 4. The van der Waals surface area contributed by atoms with Crippen LogP contribution in [0.4, 0.5) is 17.1 Å². The molecule has 0 atom stereocenters. The van der Waals surface area contributed by atoms with Gasteiger partial charge in [-0.05, 0) is 32.9 Å². The second kappa shape index (κ2) is 5.08. The van der Waals surface area contributed by atoms with Crippen LogP contribution >= 0.6 is 0 Å². The van der Waals surface area contributed by atoms with Crippen LogP contribution in [0.3, 0.4) is 0 Å². The minimum Gasteiger partial charge on any atom is -0.393 e. The van der Waals surface area contributed by atoms with Gasteiger partial charge in [0.15, 0.2) is 0 Å². The Morgan fingerprint density at radius 2 is 2.11 bits per heavy atom. The summed E-state index contributed by atoms with van der Waals surface area (Å²) >= 11 is 0. The number of hydrogen-bond donors (Lipinski definition) is 1. The van der Waals surface area contributed by atoms with Crippen LogP contribution in [0.1, 0.15) is 20.8 Å². The number of nitro groups is 1. The zero-order chi connectivity index (χ0) is 13.9. The van der Waals surface area contributed by atoms with Gasteiger partial charge in [-0.15, -0.1) is 6.58 Å². The van der Waals surface area contributed by atoms with E-state index in [2.05, 4.69) is 32.3 Å². The standard InChI is InChI=1S/C13H19N3O2/c1-5-8-15(13(2,3)4)10-6-7-12(16(17)18)11(14)9-10/h5-7,9H,1,8,14H2,2-4H3. The number of hydrogen-bond acceptors (Lipinski definition) is 4. The molecular weight excluding hydrogens is 230 g/mol. The molecule has 0 radical (unpaired) electrons. The fourth-order valence-corrected chi connectivity index (χ4v) is 1.77. The largest absolute Gasteiger partial charge is 0.393 e. The number of nitro benzene ring substituents is 1. The lowest BCUT2D eigenvalue weighted by molar-refractivity contribution is -0.383. The van der Waals surface area contributed by atoms with Crippen molar-refractivity contribution < 1.29 is 4.92 Å². The fraction of sp³-hybridized carbons (Fsp3) is 0.385. The summed E-state index contributed by atoms with van der Waals surface area (Å²) in [5.74, 6) is 0. The van der Waals surface area contributed by atoms with Gasteiger partial charge in [-0.3, -0.25) is 10.1 Å². The Kier molecular flexibility index (Phi) is 3.96. The number of nitrogen functional groups attached to an aromatic ring is 1. The van der Waals surface area contributed by atoms with Gasteiger partial charge in [-0.1, -0.05) is 6.08 Å². The molecule has 0 aliphatic rings. The molecule has 0 saturated carbocycles. The van der Waals surface area contributed by atoms with E-state index in [1.807, 2.05) is 0 Å². The summed E-state index contributed by atoms with van der Waals surface area (Å²) in [4.78, 5) is 12.3. The van der Waals surface area contributed by atoms with Crippen LogP contribution in [0.25, 0.3) is 0 Å². The van der Waals surface area contributed by atoms with E-state index in [4.69, 9.17) is 5.73 Å². The molecule has 0 heterocycles. The highest BCUT2D eigenvalue weighted by Gasteiger charge is 2.22. The first-order valence-electron chi connectivity index (χ1n) is 5.70. The fourth-order valence-electron chi connectivity index (χ4n) is 1.77. The Balaban J connectivity index is 3.19. The average Bonchev–Trinajstić information content (AvgIpc) is 2.23. The molecule has 1 aromatic rings. The molecule has 0 aliphatic heterocycles. The molecule has 0 bridgehead atoms. The number of benzene rings is 1. The lowest BCUT2D eigenvalue weighted by Gasteiger charge is -2.37. The predicted octanol–water partition coefficient (Wildman–Crippen LogP) is 2.97. The molecule has 0 amide bonds.